The number of esters is 1. The van der Waals surface area contributed by atoms with Gasteiger partial charge < -0.3 is 9.15 Å². The summed E-state index contributed by atoms with van der Waals surface area (Å²) in [5, 5.41) is 0.302. The molecule has 0 bridgehead atoms. The lowest BCUT2D eigenvalue weighted by molar-refractivity contribution is 0.0319. The molecule has 1 fully saturated rings. The minimum absolute atomic E-state index is 0.342. The van der Waals surface area contributed by atoms with Gasteiger partial charge in [-0.15, -0.1) is 0 Å². The van der Waals surface area contributed by atoms with Crippen LogP contribution in [0.5, 0.6) is 0 Å². The Labute approximate surface area is 122 Å². The normalized spacial score (nSPS) is 22.5. The van der Waals surface area contributed by atoms with Gasteiger partial charge in [-0.05, 0) is 18.9 Å². The first-order chi connectivity index (χ1) is 9.95. The molecule has 6 heteroatoms. The van der Waals surface area contributed by atoms with Crippen molar-refractivity contribution in [2.45, 2.75) is 30.6 Å². The van der Waals surface area contributed by atoms with Gasteiger partial charge in [0.15, 0.2) is 0 Å². The topological polar surface area (TPSA) is 73.6 Å². The Bertz CT molecular complexity index is 774. The minimum atomic E-state index is -3.07. The quantitative estimate of drug-likeness (QED) is 0.815. The van der Waals surface area contributed by atoms with Crippen LogP contribution in [0.15, 0.2) is 34.9 Å². The van der Waals surface area contributed by atoms with E-state index in [-0.39, 0.29) is 6.10 Å². The van der Waals surface area contributed by atoms with E-state index in [2.05, 4.69) is 0 Å². The van der Waals surface area contributed by atoms with Gasteiger partial charge in [0, 0.05) is 18.1 Å². The maximum atomic E-state index is 12.2. The van der Waals surface area contributed by atoms with Crippen molar-refractivity contribution in [1.82, 2.24) is 0 Å². The van der Waals surface area contributed by atoms with Crippen molar-refractivity contribution in [3.63, 3.8) is 0 Å². The minimum Gasteiger partial charge on any atom is -0.463 e. The van der Waals surface area contributed by atoms with E-state index in [4.69, 9.17) is 9.15 Å². The molecule has 5 nitrogen and oxygen atoms in total. The van der Waals surface area contributed by atoms with E-state index < -0.39 is 21.1 Å². The number of ether oxygens (including phenoxy) is 1. The van der Waals surface area contributed by atoms with Crippen molar-refractivity contribution in [3.05, 3.63) is 36.1 Å². The predicted molar refractivity (Wildman–Crippen MR) is 77.9 cm³/mol. The fourth-order valence-corrected chi connectivity index (χ4v) is 3.88. The summed E-state index contributed by atoms with van der Waals surface area (Å²) in [4.78, 5) is 12.2. The average Bonchev–Trinajstić information content (AvgIpc) is 3.03. The zero-order valence-corrected chi connectivity index (χ0v) is 12.4. The SMILES string of the molecule is CS(=O)(=O)[C@H]1CC[C@H](OC(=O)c2coc3ccccc23)C1. The molecule has 112 valence electrons. The summed E-state index contributed by atoms with van der Waals surface area (Å²) < 4.78 is 33.8. The van der Waals surface area contributed by atoms with Crippen LogP contribution in [-0.4, -0.2) is 32.0 Å². The predicted octanol–water partition coefficient (Wildman–Crippen LogP) is 2.56. The van der Waals surface area contributed by atoms with Gasteiger partial charge in [-0.1, -0.05) is 18.2 Å². The second-order valence-electron chi connectivity index (χ2n) is 5.44. The lowest BCUT2D eigenvalue weighted by Crippen LogP contribution is -2.20. The highest BCUT2D eigenvalue weighted by Gasteiger charge is 2.34. The molecule has 1 heterocycles. The van der Waals surface area contributed by atoms with Crippen LogP contribution in [0.3, 0.4) is 0 Å². The van der Waals surface area contributed by atoms with E-state index in [0.717, 1.165) is 0 Å². The summed E-state index contributed by atoms with van der Waals surface area (Å²) in [6.45, 7) is 0. The molecular formula is C15H16O5S. The van der Waals surface area contributed by atoms with E-state index in [1.807, 2.05) is 12.1 Å². The van der Waals surface area contributed by atoms with Crippen LogP contribution < -0.4 is 0 Å². The molecule has 0 radical (unpaired) electrons. The van der Waals surface area contributed by atoms with E-state index >= 15 is 0 Å². The molecular weight excluding hydrogens is 292 g/mol. The second-order valence-corrected chi connectivity index (χ2v) is 7.76. The lowest BCUT2D eigenvalue weighted by atomic mass is 10.2. The maximum Gasteiger partial charge on any atom is 0.342 e. The molecule has 21 heavy (non-hydrogen) atoms. The number of benzene rings is 1. The van der Waals surface area contributed by atoms with Gasteiger partial charge in [0.1, 0.15) is 33.4 Å². The Morgan fingerprint density at radius 3 is 2.76 bits per heavy atom. The lowest BCUT2D eigenvalue weighted by Gasteiger charge is -2.11. The molecule has 1 aliphatic carbocycles. The molecule has 0 N–H and O–H groups in total. The molecule has 3 rings (SSSR count). The number of hydrogen-bond acceptors (Lipinski definition) is 5. The summed E-state index contributed by atoms with van der Waals surface area (Å²) in [5.74, 6) is -0.459. The summed E-state index contributed by atoms with van der Waals surface area (Å²) in [6.07, 6.45) is 3.77. The van der Waals surface area contributed by atoms with Crippen LogP contribution in [0.1, 0.15) is 29.6 Å². The Morgan fingerprint density at radius 1 is 1.29 bits per heavy atom. The molecule has 1 aromatic heterocycles. The number of hydrogen-bond donors (Lipinski definition) is 0. The number of para-hydroxylation sites is 1. The van der Waals surface area contributed by atoms with Gasteiger partial charge in [-0.3, -0.25) is 0 Å². The van der Waals surface area contributed by atoms with Crippen LogP contribution in [0, 0.1) is 0 Å². The summed E-state index contributed by atoms with van der Waals surface area (Å²) in [5.41, 5.74) is 1.01. The van der Waals surface area contributed by atoms with Crippen LogP contribution >= 0.6 is 0 Å². The monoisotopic (exact) mass is 308 g/mol. The number of sulfone groups is 1. The highest BCUT2D eigenvalue weighted by Crippen LogP contribution is 2.29. The van der Waals surface area contributed by atoms with Crippen molar-refractivity contribution in [2.24, 2.45) is 0 Å². The Morgan fingerprint density at radius 2 is 2.05 bits per heavy atom. The largest absolute Gasteiger partial charge is 0.463 e. The molecule has 2 aromatic rings. The van der Waals surface area contributed by atoms with Gasteiger partial charge in [-0.2, -0.15) is 0 Å². The first kappa shape index (κ1) is 14.1. The highest BCUT2D eigenvalue weighted by atomic mass is 32.2. The van der Waals surface area contributed by atoms with Gasteiger partial charge in [0.05, 0.1) is 5.25 Å². The first-order valence-corrected chi connectivity index (χ1v) is 8.76. The smallest absolute Gasteiger partial charge is 0.342 e. The third-order valence-electron chi connectivity index (χ3n) is 3.92. The van der Waals surface area contributed by atoms with Crippen molar-refractivity contribution in [1.29, 1.82) is 0 Å². The van der Waals surface area contributed by atoms with Crippen LogP contribution in [-0.2, 0) is 14.6 Å². The van der Waals surface area contributed by atoms with Gasteiger partial charge in [0.2, 0.25) is 0 Å². The molecule has 2 atom stereocenters. The number of carbonyl (C=O) groups is 1. The maximum absolute atomic E-state index is 12.2. The van der Waals surface area contributed by atoms with E-state index in [1.54, 1.807) is 12.1 Å². The fraction of sp³-hybridized carbons (Fsp3) is 0.400. The third kappa shape index (κ3) is 2.81. The van der Waals surface area contributed by atoms with Crippen LogP contribution in [0.2, 0.25) is 0 Å². The Balaban J connectivity index is 1.73. The van der Waals surface area contributed by atoms with E-state index in [9.17, 15) is 13.2 Å². The van der Waals surface area contributed by atoms with Crippen LogP contribution in [0.4, 0.5) is 0 Å². The molecule has 0 spiro atoms. The Kier molecular flexibility index (Phi) is 3.49. The fourth-order valence-electron chi connectivity index (χ4n) is 2.75. The summed E-state index contributed by atoms with van der Waals surface area (Å²) in [6, 6.07) is 7.23. The highest BCUT2D eigenvalue weighted by molar-refractivity contribution is 7.91. The third-order valence-corrected chi connectivity index (χ3v) is 5.56. The molecule has 0 unspecified atom stereocenters. The average molecular weight is 308 g/mol. The van der Waals surface area contributed by atoms with Crippen molar-refractivity contribution >= 4 is 26.8 Å². The standard InChI is InChI=1S/C15H16O5S/c1-21(17,18)11-7-6-10(8-11)20-15(16)13-9-19-14-5-3-2-4-12(13)14/h2-5,9-11H,6-8H2,1H3/t10-,11-/m0/s1. The summed E-state index contributed by atoms with van der Waals surface area (Å²) in [7, 11) is -3.07. The number of fused-ring (bicyclic) bond motifs is 1. The van der Waals surface area contributed by atoms with Crippen molar-refractivity contribution < 1.29 is 22.4 Å². The molecule has 1 aliphatic rings. The van der Waals surface area contributed by atoms with E-state index in [1.165, 1.54) is 12.5 Å². The zero-order valence-electron chi connectivity index (χ0n) is 11.6. The molecule has 1 aromatic carbocycles. The zero-order chi connectivity index (χ0) is 15.0. The second kappa shape index (κ2) is 5.18. The Hall–Kier alpha value is -1.82. The van der Waals surface area contributed by atoms with Gasteiger partial charge in [-0.25, -0.2) is 13.2 Å². The first-order valence-electron chi connectivity index (χ1n) is 6.81. The molecule has 1 saturated carbocycles. The van der Waals surface area contributed by atoms with Crippen molar-refractivity contribution in [2.75, 3.05) is 6.26 Å². The number of carbonyl (C=O) groups excluding carboxylic acids is 1. The number of rotatable bonds is 3. The van der Waals surface area contributed by atoms with Gasteiger partial charge in [0.25, 0.3) is 0 Å². The van der Waals surface area contributed by atoms with Crippen molar-refractivity contribution in [3.8, 4) is 0 Å². The number of furan rings is 1. The van der Waals surface area contributed by atoms with Gasteiger partial charge >= 0.3 is 5.97 Å². The molecule has 0 saturated heterocycles. The summed E-state index contributed by atoms with van der Waals surface area (Å²) >= 11 is 0. The van der Waals surface area contributed by atoms with Crippen LogP contribution in [0.25, 0.3) is 11.0 Å². The molecule has 0 aliphatic heterocycles. The molecule has 0 amide bonds. The van der Waals surface area contributed by atoms with E-state index in [0.29, 0.717) is 35.8 Å².